The number of aromatic hydroxyl groups is 1. The second kappa shape index (κ2) is 6.21. The molecule has 0 aliphatic rings. The molecule has 1 heterocycles. The minimum atomic E-state index is -0.515. The van der Waals surface area contributed by atoms with E-state index < -0.39 is 4.92 Å². The summed E-state index contributed by atoms with van der Waals surface area (Å²) in [5, 5.41) is 22.9. The van der Waals surface area contributed by atoms with Gasteiger partial charge in [0.25, 0.3) is 5.69 Å². The lowest BCUT2D eigenvalue weighted by Crippen LogP contribution is -2.06. The van der Waals surface area contributed by atoms with E-state index in [1.807, 2.05) is 12.1 Å². The standard InChI is InChI=1S/C13H12ClN3O3/c14-12-7-10(17(19)20)8-13(16-12)15-6-5-9-1-3-11(18)4-2-9/h1-4,7-8,18H,5-6H2,(H,15,16). The Morgan fingerprint density at radius 2 is 2.00 bits per heavy atom. The third-order valence-corrected chi connectivity index (χ3v) is 2.84. The number of phenolic OH excluding ortho intramolecular Hbond substituents is 1. The van der Waals surface area contributed by atoms with Crippen LogP contribution in [0.1, 0.15) is 5.56 Å². The van der Waals surface area contributed by atoms with Crippen LogP contribution in [-0.4, -0.2) is 21.6 Å². The molecular formula is C13H12ClN3O3. The molecule has 7 heteroatoms. The second-order valence-corrected chi connectivity index (χ2v) is 4.52. The average Bonchev–Trinajstić information content (AvgIpc) is 2.40. The van der Waals surface area contributed by atoms with Crippen LogP contribution in [0.25, 0.3) is 0 Å². The monoisotopic (exact) mass is 293 g/mol. The number of nitro groups is 1. The minimum Gasteiger partial charge on any atom is -0.508 e. The zero-order valence-electron chi connectivity index (χ0n) is 10.4. The molecule has 0 unspecified atom stereocenters. The maximum absolute atomic E-state index is 10.7. The van der Waals surface area contributed by atoms with E-state index in [2.05, 4.69) is 10.3 Å². The van der Waals surface area contributed by atoms with Crippen molar-refractivity contribution in [1.82, 2.24) is 4.98 Å². The number of hydrogen-bond acceptors (Lipinski definition) is 5. The van der Waals surface area contributed by atoms with E-state index >= 15 is 0 Å². The molecule has 2 aromatic rings. The Balaban J connectivity index is 1.97. The summed E-state index contributed by atoms with van der Waals surface area (Å²) in [6, 6.07) is 9.38. The first kappa shape index (κ1) is 14.1. The number of benzene rings is 1. The van der Waals surface area contributed by atoms with Crippen molar-refractivity contribution >= 4 is 23.1 Å². The van der Waals surface area contributed by atoms with Gasteiger partial charge in [0.15, 0.2) is 0 Å². The summed E-state index contributed by atoms with van der Waals surface area (Å²) in [6.07, 6.45) is 0.697. The molecule has 0 radical (unpaired) electrons. The highest BCUT2D eigenvalue weighted by molar-refractivity contribution is 6.29. The Morgan fingerprint density at radius 1 is 1.30 bits per heavy atom. The number of hydrogen-bond donors (Lipinski definition) is 2. The summed E-state index contributed by atoms with van der Waals surface area (Å²) in [5.74, 6) is 0.580. The number of phenols is 1. The Bertz CT molecular complexity index is 617. The highest BCUT2D eigenvalue weighted by atomic mass is 35.5. The smallest absolute Gasteiger partial charge is 0.276 e. The molecule has 0 saturated heterocycles. The molecule has 2 rings (SSSR count). The van der Waals surface area contributed by atoms with E-state index in [1.165, 1.54) is 12.1 Å². The van der Waals surface area contributed by atoms with Crippen molar-refractivity contribution in [2.45, 2.75) is 6.42 Å². The highest BCUT2D eigenvalue weighted by Crippen LogP contribution is 2.20. The number of rotatable bonds is 5. The van der Waals surface area contributed by atoms with Gasteiger partial charge in [-0.2, -0.15) is 0 Å². The van der Waals surface area contributed by atoms with Gasteiger partial charge in [0, 0.05) is 6.54 Å². The fraction of sp³-hybridized carbons (Fsp3) is 0.154. The molecule has 0 atom stereocenters. The van der Waals surface area contributed by atoms with Gasteiger partial charge in [0.05, 0.1) is 17.1 Å². The van der Waals surface area contributed by atoms with Crippen LogP contribution >= 0.6 is 11.6 Å². The van der Waals surface area contributed by atoms with E-state index in [4.69, 9.17) is 16.7 Å². The lowest BCUT2D eigenvalue weighted by atomic mass is 10.1. The van der Waals surface area contributed by atoms with Gasteiger partial charge in [-0.1, -0.05) is 23.7 Å². The minimum absolute atomic E-state index is 0.0753. The van der Waals surface area contributed by atoms with Crippen LogP contribution in [0.4, 0.5) is 11.5 Å². The molecule has 0 fully saturated rings. The van der Waals surface area contributed by atoms with E-state index in [0.717, 1.165) is 5.56 Å². The van der Waals surface area contributed by atoms with Crippen molar-refractivity contribution < 1.29 is 10.0 Å². The van der Waals surface area contributed by atoms with Crippen LogP contribution in [0.15, 0.2) is 36.4 Å². The Kier molecular flexibility index (Phi) is 4.37. The number of nitrogens with one attached hydrogen (secondary N) is 1. The van der Waals surface area contributed by atoms with Crippen LogP contribution in [0, 0.1) is 10.1 Å². The summed E-state index contributed by atoms with van der Waals surface area (Å²) in [4.78, 5) is 14.2. The van der Waals surface area contributed by atoms with Gasteiger partial charge >= 0.3 is 0 Å². The molecule has 1 aromatic carbocycles. The summed E-state index contributed by atoms with van der Waals surface area (Å²) in [6.45, 7) is 0.551. The van der Waals surface area contributed by atoms with Gasteiger partial charge < -0.3 is 10.4 Å². The van der Waals surface area contributed by atoms with Gasteiger partial charge in [-0.05, 0) is 24.1 Å². The predicted octanol–water partition coefficient (Wildman–Crippen LogP) is 3.00. The average molecular weight is 294 g/mol. The van der Waals surface area contributed by atoms with Gasteiger partial charge in [-0.25, -0.2) is 4.98 Å². The van der Waals surface area contributed by atoms with E-state index in [1.54, 1.807) is 12.1 Å². The molecule has 0 bridgehead atoms. The number of nitrogens with zero attached hydrogens (tertiary/aromatic N) is 2. The van der Waals surface area contributed by atoms with Crippen LogP contribution in [0.3, 0.4) is 0 Å². The van der Waals surface area contributed by atoms with Crippen LogP contribution in [-0.2, 0) is 6.42 Å². The van der Waals surface area contributed by atoms with Crippen molar-refractivity contribution in [3.05, 3.63) is 57.2 Å². The van der Waals surface area contributed by atoms with Gasteiger partial charge in [0.2, 0.25) is 0 Å². The van der Waals surface area contributed by atoms with Crippen molar-refractivity contribution in [2.24, 2.45) is 0 Å². The van der Waals surface area contributed by atoms with Crippen LogP contribution < -0.4 is 5.32 Å². The molecule has 20 heavy (non-hydrogen) atoms. The first-order valence-corrected chi connectivity index (χ1v) is 6.26. The summed E-state index contributed by atoms with van der Waals surface area (Å²) >= 11 is 5.72. The van der Waals surface area contributed by atoms with Crippen molar-refractivity contribution in [1.29, 1.82) is 0 Å². The lowest BCUT2D eigenvalue weighted by molar-refractivity contribution is -0.384. The lowest BCUT2D eigenvalue weighted by Gasteiger charge is -2.06. The van der Waals surface area contributed by atoms with Crippen LogP contribution in [0.5, 0.6) is 5.75 Å². The van der Waals surface area contributed by atoms with E-state index in [9.17, 15) is 10.1 Å². The summed E-state index contributed by atoms with van der Waals surface area (Å²) in [7, 11) is 0. The third-order valence-electron chi connectivity index (χ3n) is 2.65. The fourth-order valence-corrected chi connectivity index (χ4v) is 1.88. The molecule has 0 amide bonds. The highest BCUT2D eigenvalue weighted by Gasteiger charge is 2.09. The molecular weight excluding hydrogens is 282 g/mol. The van der Waals surface area contributed by atoms with Gasteiger partial charge in [-0.3, -0.25) is 10.1 Å². The normalized spacial score (nSPS) is 10.2. The molecule has 0 spiro atoms. The zero-order valence-corrected chi connectivity index (χ0v) is 11.2. The number of aromatic nitrogens is 1. The van der Waals surface area contributed by atoms with Crippen molar-refractivity contribution in [3.8, 4) is 5.75 Å². The largest absolute Gasteiger partial charge is 0.508 e. The van der Waals surface area contributed by atoms with Crippen molar-refractivity contribution in [2.75, 3.05) is 11.9 Å². The number of anilines is 1. The predicted molar refractivity (Wildman–Crippen MR) is 76.2 cm³/mol. The molecule has 1 aromatic heterocycles. The van der Waals surface area contributed by atoms with E-state index in [-0.39, 0.29) is 16.6 Å². The maximum atomic E-state index is 10.7. The number of halogens is 1. The van der Waals surface area contributed by atoms with Gasteiger partial charge in [-0.15, -0.1) is 0 Å². The summed E-state index contributed by atoms with van der Waals surface area (Å²) in [5.41, 5.74) is 0.934. The molecule has 0 saturated carbocycles. The molecule has 104 valence electrons. The Labute approximate surface area is 120 Å². The first-order chi connectivity index (χ1) is 9.54. The van der Waals surface area contributed by atoms with E-state index in [0.29, 0.717) is 18.8 Å². The maximum Gasteiger partial charge on any atom is 0.276 e. The Morgan fingerprint density at radius 3 is 2.65 bits per heavy atom. The fourth-order valence-electron chi connectivity index (χ4n) is 1.68. The molecule has 2 N–H and O–H groups in total. The van der Waals surface area contributed by atoms with Crippen molar-refractivity contribution in [3.63, 3.8) is 0 Å². The zero-order chi connectivity index (χ0) is 14.5. The molecule has 0 aliphatic carbocycles. The van der Waals surface area contributed by atoms with Crippen LogP contribution in [0.2, 0.25) is 5.15 Å². The second-order valence-electron chi connectivity index (χ2n) is 4.13. The molecule has 0 aliphatic heterocycles. The molecule has 6 nitrogen and oxygen atoms in total. The quantitative estimate of drug-likeness (QED) is 0.502. The topological polar surface area (TPSA) is 88.3 Å². The SMILES string of the molecule is O=[N+]([O-])c1cc(Cl)nc(NCCc2ccc(O)cc2)c1. The summed E-state index contributed by atoms with van der Waals surface area (Å²) < 4.78 is 0. The Hall–Kier alpha value is -2.34. The third kappa shape index (κ3) is 3.83. The number of pyridine rings is 1. The first-order valence-electron chi connectivity index (χ1n) is 5.88. The van der Waals surface area contributed by atoms with Gasteiger partial charge in [0.1, 0.15) is 16.7 Å².